The Balaban J connectivity index is 1.56. The monoisotopic (exact) mass is 392 g/mol. The second kappa shape index (κ2) is 7.59. The van der Waals surface area contributed by atoms with Crippen molar-refractivity contribution in [3.8, 4) is 17.0 Å². The number of aromatic amines is 1. The first-order valence-electron chi connectivity index (χ1n) is 8.82. The van der Waals surface area contributed by atoms with Crippen LogP contribution in [0.5, 0.6) is 5.75 Å². The summed E-state index contributed by atoms with van der Waals surface area (Å²) in [5.41, 5.74) is 1.55. The molecule has 0 aliphatic rings. The molecule has 0 aliphatic carbocycles. The van der Waals surface area contributed by atoms with Gasteiger partial charge in [0.25, 0.3) is 5.56 Å². The SMILES string of the molecule is COc1ccc(-c2ccc(=O)n(CC(=O)Nc3ccc4[nH]ccc4c3)n2)c(F)c1. The average Bonchev–Trinajstić information content (AvgIpc) is 3.17. The molecule has 146 valence electrons. The van der Waals surface area contributed by atoms with Crippen molar-refractivity contribution < 1.29 is 13.9 Å². The molecule has 0 bridgehead atoms. The number of nitrogens with one attached hydrogen (secondary N) is 2. The standard InChI is InChI=1S/C21H17FN4O3/c1-29-15-3-4-16(17(22)11-15)19-6-7-21(28)26(25-19)12-20(27)24-14-2-5-18-13(10-14)8-9-23-18/h2-11,23H,12H2,1H3,(H,24,27). The lowest BCUT2D eigenvalue weighted by molar-refractivity contribution is -0.117. The molecule has 7 nitrogen and oxygen atoms in total. The number of hydrogen-bond acceptors (Lipinski definition) is 4. The predicted molar refractivity (Wildman–Crippen MR) is 107 cm³/mol. The van der Waals surface area contributed by atoms with Gasteiger partial charge in [0.05, 0.1) is 12.8 Å². The maximum absolute atomic E-state index is 14.3. The highest BCUT2D eigenvalue weighted by Crippen LogP contribution is 2.24. The maximum atomic E-state index is 14.3. The van der Waals surface area contributed by atoms with E-state index in [0.29, 0.717) is 11.4 Å². The molecule has 4 aromatic rings. The number of methoxy groups -OCH3 is 1. The Kier molecular flexibility index (Phi) is 4.82. The Hall–Kier alpha value is -3.94. The van der Waals surface area contributed by atoms with E-state index in [2.05, 4.69) is 15.4 Å². The number of anilines is 1. The molecule has 1 amide bonds. The molecule has 0 fully saturated rings. The third-order valence-corrected chi connectivity index (χ3v) is 4.45. The fourth-order valence-corrected chi connectivity index (χ4v) is 3.00. The minimum Gasteiger partial charge on any atom is -0.497 e. The Morgan fingerprint density at radius 2 is 2.03 bits per heavy atom. The highest BCUT2D eigenvalue weighted by Gasteiger charge is 2.12. The number of nitrogens with zero attached hydrogens (tertiary/aromatic N) is 2. The summed E-state index contributed by atoms with van der Waals surface area (Å²) in [5.74, 6) is -0.577. The number of carbonyl (C=O) groups is 1. The molecule has 2 N–H and O–H groups in total. The van der Waals surface area contributed by atoms with Crippen molar-refractivity contribution in [3.63, 3.8) is 0 Å². The largest absolute Gasteiger partial charge is 0.497 e. The molecule has 2 aromatic carbocycles. The van der Waals surface area contributed by atoms with E-state index < -0.39 is 17.3 Å². The predicted octanol–water partition coefficient (Wildman–Crippen LogP) is 3.18. The van der Waals surface area contributed by atoms with E-state index in [1.54, 1.807) is 12.1 Å². The van der Waals surface area contributed by atoms with Crippen LogP contribution in [0.15, 0.2) is 65.6 Å². The number of ether oxygens (including phenoxy) is 1. The molecule has 0 atom stereocenters. The minimum atomic E-state index is -0.536. The van der Waals surface area contributed by atoms with Gasteiger partial charge < -0.3 is 15.0 Å². The lowest BCUT2D eigenvalue weighted by Gasteiger charge is -2.09. The Labute approximate surface area is 164 Å². The van der Waals surface area contributed by atoms with E-state index in [0.717, 1.165) is 15.6 Å². The first kappa shape index (κ1) is 18.4. The summed E-state index contributed by atoms with van der Waals surface area (Å²) in [6.07, 6.45) is 1.81. The van der Waals surface area contributed by atoms with E-state index in [9.17, 15) is 14.0 Å². The van der Waals surface area contributed by atoms with Gasteiger partial charge in [-0.1, -0.05) is 0 Å². The number of carbonyl (C=O) groups excluding carboxylic acids is 1. The van der Waals surface area contributed by atoms with Crippen LogP contribution in [0.4, 0.5) is 10.1 Å². The second-order valence-corrected chi connectivity index (χ2v) is 6.39. The maximum Gasteiger partial charge on any atom is 0.267 e. The van der Waals surface area contributed by atoms with Crippen LogP contribution < -0.4 is 15.6 Å². The van der Waals surface area contributed by atoms with Crippen molar-refractivity contribution in [1.29, 1.82) is 0 Å². The zero-order valence-corrected chi connectivity index (χ0v) is 15.5. The molecular weight excluding hydrogens is 375 g/mol. The number of fused-ring (bicyclic) bond motifs is 1. The van der Waals surface area contributed by atoms with Crippen molar-refractivity contribution in [3.05, 3.63) is 77.0 Å². The number of rotatable bonds is 5. The fraction of sp³-hybridized carbons (Fsp3) is 0.0952. The normalized spacial score (nSPS) is 10.8. The summed E-state index contributed by atoms with van der Waals surface area (Å²) < 4.78 is 20.3. The van der Waals surface area contributed by atoms with Gasteiger partial charge in [-0.05, 0) is 42.5 Å². The van der Waals surface area contributed by atoms with Gasteiger partial charge in [0.15, 0.2) is 0 Å². The summed E-state index contributed by atoms with van der Waals surface area (Å²) in [7, 11) is 1.44. The molecule has 0 saturated heterocycles. The Morgan fingerprint density at radius 3 is 2.83 bits per heavy atom. The van der Waals surface area contributed by atoms with Crippen LogP contribution >= 0.6 is 0 Å². The van der Waals surface area contributed by atoms with Crippen LogP contribution in [0.2, 0.25) is 0 Å². The highest BCUT2D eigenvalue weighted by atomic mass is 19.1. The van der Waals surface area contributed by atoms with Crippen molar-refractivity contribution in [2.24, 2.45) is 0 Å². The zero-order chi connectivity index (χ0) is 20.4. The van der Waals surface area contributed by atoms with Gasteiger partial charge >= 0.3 is 0 Å². The molecule has 0 radical (unpaired) electrons. The number of hydrogen-bond donors (Lipinski definition) is 2. The van der Waals surface area contributed by atoms with Crippen molar-refractivity contribution in [1.82, 2.24) is 14.8 Å². The Morgan fingerprint density at radius 1 is 1.17 bits per heavy atom. The van der Waals surface area contributed by atoms with Gasteiger partial charge in [-0.3, -0.25) is 9.59 Å². The molecule has 2 heterocycles. The van der Waals surface area contributed by atoms with Crippen molar-refractivity contribution >= 4 is 22.5 Å². The van der Waals surface area contributed by atoms with Crippen molar-refractivity contribution in [2.45, 2.75) is 6.54 Å². The molecule has 0 spiro atoms. The molecule has 0 saturated carbocycles. The molecule has 0 unspecified atom stereocenters. The number of benzene rings is 2. The molecule has 0 aliphatic heterocycles. The van der Waals surface area contributed by atoms with Gasteiger partial charge in [0.1, 0.15) is 18.1 Å². The van der Waals surface area contributed by atoms with Crippen LogP contribution in [0.25, 0.3) is 22.2 Å². The smallest absolute Gasteiger partial charge is 0.267 e. The van der Waals surface area contributed by atoms with E-state index in [4.69, 9.17) is 4.74 Å². The van der Waals surface area contributed by atoms with E-state index in [-0.39, 0.29) is 17.8 Å². The molecule has 2 aromatic heterocycles. The summed E-state index contributed by atoms with van der Waals surface area (Å²) in [4.78, 5) is 27.6. The van der Waals surface area contributed by atoms with Gasteiger partial charge in [-0.15, -0.1) is 0 Å². The third-order valence-electron chi connectivity index (χ3n) is 4.45. The molecule has 4 rings (SSSR count). The van der Waals surface area contributed by atoms with Crippen LogP contribution in [0, 0.1) is 5.82 Å². The average molecular weight is 392 g/mol. The van der Waals surface area contributed by atoms with Gasteiger partial charge in [-0.25, -0.2) is 9.07 Å². The summed E-state index contributed by atoms with van der Waals surface area (Å²) in [5, 5.41) is 7.84. The van der Waals surface area contributed by atoms with Gasteiger partial charge in [-0.2, -0.15) is 5.10 Å². The van der Waals surface area contributed by atoms with Crippen LogP contribution in [0.3, 0.4) is 0 Å². The highest BCUT2D eigenvalue weighted by molar-refractivity contribution is 5.93. The van der Waals surface area contributed by atoms with E-state index >= 15 is 0 Å². The minimum absolute atomic E-state index is 0.206. The van der Waals surface area contributed by atoms with Gasteiger partial charge in [0, 0.05) is 40.5 Å². The third kappa shape index (κ3) is 3.86. The lowest BCUT2D eigenvalue weighted by atomic mass is 10.1. The first-order chi connectivity index (χ1) is 14.0. The van der Waals surface area contributed by atoms with Crippen molar-refractivity contribution in [2.75, 3.05) is 12.4 Å². The first-order valence-corrected chi connectivity index (χ1v) is 8.82. The van der Waals surface area contributed by atoms with E-state index in [1.807, 2.05) is 24.4 Å². The summed E-state index contributed by atoms with van der Waals surface area (Å²) in [6.45, 7) is -0.296. The van der Waals surface area contributed by atoms with Crippen LogP contribution in [-0.2, 0) is 11.3 Å². The quantitative estimate of drug-likeness (QED) is 0.546. The molecule has 29 heavy (non-hydrogen) atoms. The number of aromatic nitrogens is 3. The number of amides is 1. The zero-order valence-electron chi connectivity index (χ0n) is 15.5. The van der Waals surface area contributed by atoms with Crippen LogP contribution in [-0.4, -0.2) is 27.8 Å². The molecular formula is C21H17FN4O3. The fourth-order valence-electron chi connectivity index (χ4n) is 3.00. The molecule has 8 heteroatoms. The summed E-state index contributed by atoms with van der Waals surface area (Å²) >= 11 is 0. The number of halogens is 1. The lowest BCUT2D eigenvalue weighted by Crippen LogP contribution is -2.29. The summed E-state index contributed by atoms with van der Waals surface area (Å²) in [6, 6.07) is 14.3. The van der Waals surface area contributed by atoms with Crippen LogP contribution in [0.1, 0.15) is 0 Å². The topological polar surface area (TPSA) is 89.0 Å². The number of H-pyrrole nitrogens is 1. The van der Waals surface area contributed by atoms with E-state index in [1.165, 1.54) is 31.4 Å². The van der Waals surface area contributed by atoms with Gasteiger partial charge in [0.2, 0.25) is 5.91 Å². The Bertz CT molecular complexity index is 1260. The second-order valence-electron chi connectivity index (χ2n) is 6.39.